The summed E-state index contributed by atoms with van der Waals surface area (Å²) in [6.07, 6.45) is 8.45. The van der Waals surface area contributed by atoms with E-state index < -0.39 is 0 Å². The second kappa shape index (κ2) is 6.51. The van der Waals surface area contributed by atoms with Crippen LogP contribution < -0.4 is 0 Å². The van der Waals surface area contributed by atoms with Crippen molar-refractivity contribution in [2.24, 2.45) is 0 Å². The Kier molecular flexibility index (Phi) is 4.26. The predicted octanol–water partition coefficient (Wildman–Crippen LogP) is 6.20. The Balaban J connectivity index is 1.66. The van der Waals surface area contributed by atoms with Crippen LogP contribution in [0.3, 0.4) is 0 Å². The van der Waals surface area contributed by atoms with Crippen LogP contribution >= 0.6 is 22.7 Å². The fourth-order valence-electron chi connectivity index (χ4n) is 1.87. The van der Waals surface area contributed by atoms with E-state index in [1.807, 2.05) is 17.4 Å². The molecule has 0 radical (unpaired) electrons. The van der Waals surface area contributed by atoms with Crippen molar-refractivity contribution in [2.75, 3.05) is 0 Å². The van der Waals surface area contributed by atoms with E-state index in [1.165, 1.54) is 20.2 Å². The third-order valence-corrected chi connectivity index (χ3v) is 4.97. The molecule has 0 unspecified atom stereocenters. The number of hydrogen-bond acceptors (Lipinski definition) is 2. The molecule has 0 fully saturated rings. The quantitative estimate of drug-likeness (QED) is 0.502. The highest BCUT2D eigenvalue weighted by Gasteiger charge is 2.00. The van der Waals surface area contributed by atoms with Crippen molar-refractivity contribution in [1.82, 2.24) is 0 Å². The van der Waals surface area contributed by atoms with Crippen molar-refractivity contribution >= 4 is 34.8 Å². The fraction of sp³-hybridized carbons (Fsp3) is 0. The van der Waals surface area contributed by atoms with Crippen molar-refractivity contribution < 1.29 is 0 Å². The lowest BCUT2D eigenvalue weighted by Crippen LogP contribution is -1.66. The first kappa shape index (κ1) is 13.1. The standard InChI is InChI=1S/C18H14S2/c1-2-7-15(8-3-1)9-4-5-10-16-12-13-18(20-16)17-11-6-14-19-17/h1-14H/b9-4+,10-5+. The molecule has 0 saturated carbocycles. The Morgan fingerprint density at radius 2 is 1.55 bits per heavy atom. The van der Waals surface area contributed by atoms with E-state index in [0.717, 1.165) is 0 Å². The fourth-order valence-corrected chi connectivity index (χ4v) is 3.63. The molecule has 0 aliphatic carbocycles. The molecule has 2 heterocycles. The maximum Gasteiger partial charge on any atom is 0.0448 e. The van der Waals surface area contributed by atoms with E-state index >= 15 is 0 Å². The average molecular weight is 294 g/mol. The SMILES string of the molecule is C(/C=C/c1ccc(-c2cccs2)s1)=C\c1ccccc1. The Hall–Kier alpha value is -1.90. The third-order valence-electron chi connectivity index (χ3n) is 2.85. The van der Waals surface area contributed by atoms with Crippen molar-refractivity contribution in [3.63, 3.8) is 0 Å². The van der Waals surface area contributed by atoms with Crippen LogP contribution in [0.4, 0.5) is 0 Å². The molecular weight excluding hydrogens is 280 g/mol. The molecule has 0 saturated heterocycles. The molecule has 0 bridgehead atoms. The minimum absolute atomic E-state index is 1.22. The minimum Gasteiger partial charge on any atom is -0.143 e. The van der Waals surface area contributed by atoms with Gasteiger partial charge in [0.2, 0.25) is 0 Å². The summed E-state index contributed by atoms with van der Waals surface area (Å²) in [6, 6.07) is 19.0. The van der Waals surface area contributed by atoms with Gasteiger partial charge in [-0.25, -0.2) is 0 Å². The van der Waals surface area contributed by atoms with Crippen LogP contribution in [-0.4, -0.2) is 0 Å². The van der Waals surface area contributed by atoms with E-state index in [0.29, 0.717) is 0 Å². The van der Waals surface area contributed by atoms with E-state index in [9.17, 15) is 0 Å². The Bertz CT molecular complexity index is 701. The van der Waals surface area contributed by atoms with E-state index in [2.05, 4.69) is 78.2 Å². The predicted molar refractivity (Wildman–Crippen MR) is 92.1 cm³/mol. The lowest BCUT2D eigenvalue weighted by atomic mass is 10.2. The molecule has 0 aliphatic heterocycles. The highest BCUT2D eigenvalue weighted by Crippen LogP contribution is 2.31. The smallest absolute Gasteiger partial charge is 0.0448 e. The summed E-state index contributed by atoms with van der Waals surface area (Å²) in [7, 11) is 0. The molecule has 0 aliphatic rings. The molecule has 3 rings (SSSR count). The summed E-state index contributed by atoms with van der Waals surface area (Å²) in [6.45, 7) is 0. The molecule has 2 heteroatoms. The minimum atomic E-state index is 1.22. The van der Waals surface area contributed by atoms with E-state index in [4.69, 9.17) is 0 Å². The van der Waals surface area contributed by atoms with Gasteiger partial charge in [0.15, 0.2) is 0 Å². The van der Waals surface area contributed by atoms with Gasteiger partial charge in [0.05, 0.1) is 0 Å². The van der Waals surface area contributed by atoms with Gasteiger partial charge in [-0.05, 0) is 35.2 Å². The van der Waals surface area contributed by atoms with Gasteiger partial charge in [-0.15, -0.1) is 22.7 Å². The summed E-state index contributed by atoms with van der Waals surface area (Å²) < 4.78 is 0. The Morgan fingerprint density at radius 1 is 0.700 bits per heavy atom. The zero-order valence-electron chi connectivity index (χ0n) is 10.9. The van der Waals surface area contributed by atoms with Gasteiger partial charge in [-0.2, -0.15) is 0 Å². The maximum atomic E-state index is 2.19. The van der Waals surface area contributed by atoms with Gasteiger partial charge in [0, 0.05) is 14.6 Å². The summed E-state index contributed by atoms with van der Waals surface area (Å²) >= 11 is 3.61. The first-order valence-electron chi connectivity index (χ1n) is 6.45. The topological polar surface area (TPSA) is 0 Å². The average Bonchev–Trinajstić information content (AvgIpc) is 3.15. The molecule has 0 amide bonds. The van der Waals surface area contributed by atoms with Gasteiger partial charge in [-0.1, -0.05) is 54.6 Å². The molecule has 2 aromatic heterocycles. The molecule has 1 aromatic carbocycles. The van der Waals surface area contributed by atoms with Crippen LogP contribution in [0.1, 0.15) is 10.4 Å². The lowest BCUT2D eigenvalue weighted by Gasteiger charge is -1.89. The number of allylic oxidation sites excluding steroid dienone is 2. The van der Waals surface area contributed by atoms with Gasteiger partial charge < -0.3 is 0 Å². The summed E-state index contributed by atoms with van der Waals surface area (Å²) in [5.74, 6) is 0. The van der Waals surface area contributed by atoms with Crippen LogP contribution in [-0.2, 0) is 0 Å². The molecule has 0 N–H and O–H groups in total. The largest absolute Gasteiger partial charge is 0.143 e. The highest BCUT2D eigenvalue weighted by molar-refractivity contribution is 7.21. The van der Waals surface area contributed by atoms with Crippen LogP contribution in [0, 0.1) is 0 Å². The molecule has 20 heavy (non-hydrogen) atoms. The Morgan fingerprint density at radius 3 is 2.35 bits per heavy atom. The lowest BCUT2D eigenvalue weighted by molar-refractivity contribution is 1.66. The van der Waals surface area contributed by atoms with Crippen LogP contribution in [0.5, 0.6) is 0 Å². The second-order valence-corrected chi connectivity index (χ2v) is 6.37. The van der Waals surface area contributed by atoms with E-state index in [1.54, 1.807) is 11.3 Å². The molecule has 0 atom stereocenters. The molecule has 0 nitrogen and oxygen atoms in total. The first-order chi connectivity index (χ1) is 9.92. The zero-order valence-corrected chi connectivity index (χ0v) is 12.5. The number of rotatable bonds is 4. The maximum absolute atomic E-state index is 2.19. The molecule has 3 aromatic rings. The van der Waals surface area contributed by atoms with Crippen molar-refractivity contribution in [2.45, 2.75) is 0 Å². The van der Waals surface area contributed by atoms with Crippen LogP contribution in [0.2, 0.25) is 0 Å². The first-order valence-corrected chi connectivity index (χ1v) is 8.15. The van der Waals surface area contributed by atoms with Crippen molar-refractivity contribution in [3.8, 4) is 9.75 Å². The zero-order chi connectivity index (χ0) is 13.6. The summed E-state index contributed by atoms with van der Waals surface area (Å²) in [4.78, 5) is 3.97. The summed E-state index contributed by atoms with van der Waals surface area (Å²) in [5, 5.41) is 2.12. The molecule has 98 valence electrons. The van der Waals surface area contributed by atoms with E-state index in [-0.39, 0.29) is 0 Å². The van der Waals surface area contributed by atoms with Gasteiger partial charge in [-0.3, -0.25) is 0 Å². The van der Waals surface area contributed by atoms with Crippen molar-refractivity contribution in [3.05, 3.63) is 82.6 Å². The van der Waals surface area contributed by atoms with Crippen molar-refractivity contribution in [1.29, 1.82) is 0 Å². The highest BCUT2D eigenvalue weighted by atomic mass is 32.1. The van der Waals surface area contributed by atoms with Gasteiger partial charge >= 0.3 is 0 Å². The van der Waals surface area contributed by atoms with Crippen LogP contribution in [0.15, 0.2) is 72.1 Å². The third kappa shape index (κ3) is 3.35. The van der Waals surface area contributed by atoms with Gasteiger partial charge in [0.1, 0.15) is 0 Å². The molecular formula is C18H14S2. The number of benzene rings is 1. The summed E-state index contributed by atoms with van der Waals surface area (Å²) in [5.41, 5.74) is 1.22. The second-order valence-electron chi connectivity index (χ2n) is 4.31. The number of thiophene rings is 2. The van der Waals surface area contributed by atoms with Crippen LogP contribution in [0.25, 0.3) is 21.9 Å². The monoisotopic (exact) mass is 294 g/mol. The normalized spacial score (nSPS) is 11.6. The van der Waals surface area contributed by atoms with Gasteiger partial charge in [0.25, 0.3) is 0 Å². The molecule has 0 spiro atoms. The number of hydrogen-bond donors (Lipinski definition) is 0. The Labute approximate surface area is 127 Å².